The summed E-state index contributed by atoms with van der Waals surface area (Å²) in [5.74, 6) is 0.245. The lowest BCUT2D eigenvalue weighted by molar-refractivity contribution is 0.0774. The van der Waals surface area contributed by atoms with Gasteiger partial charge in [-0.05, 0) is 37.8 Å². The Bertz CT molecular complexity index is 464. The first-order valence-electron chi connectivity index (χ1n) is 7.82. The molecule has 0 spiro atoms. The Kier molecular flexibility index (Phi) is 8.28. The van der Waals surface area contributed by atoms with Crippen molar-refractivity contribution in [3.63, 3.8) is 0 Å². The van der Waals surface area contributed by atoms with Gasteiger partial charge in [-0.3, -0.25) is 0 Å². The quantitative estimate of drug-likeness (QED) is 0.705. The largest absolute Gasteiger partial charge is 0.379 e. The molecule has 124 valence electrons. The Morgan fingerprint density at radius 3 is 2.50 bits per heavy atom. The first-order valence-corrected chi connectivity index (χ1v) is 8.20. The highest BCUT2D eigenvalue weighted by molar-refractivity contribution is 6.31. The van der Waals surface area contributed by atoms with E-state index in [1.807, 2.05) is 38.1 Å². The highest BCUT2D eigenvalue weighted by atomic mass is 35.5. The molecule has 2 N–H and O–H groups in total. The molecule has 0 bridgehead atoms. The maximum Gasteiger partial charge on any atom is 0.315 e. The molecule has 5 heteroatoms. The van der Waals surface area contributed by atoms with Gasteiger partial charge in [0.1, 0.15) is 0 Å². The zero-order valence-electron chi connectivity index (χ0n) is 13.9. The Hall–Kier alpha value is -1.26. The van der Waals surface area contributed by atoms with Gasteiger partial charge in [-0.15, -0.1) is 0 Å². The molecule has 1 aromatic carbocycles. The van der Waals surface area contributed by atoms with Gasteiger partial charge in [0.05, 0.1) is 12.1 Å². The lowest BCUT2D eigenvalue weighted by Crippen LogP contribution is -2.40. The molecular formula is C17H27ClN2O2. The van der Waals surface area contributed by atoms with Crippen LogP contribution in [0.3, 0.4) is 0 Å². The van der Waals surface area contributed by atoms with Gasteiger partial charge in [0.25, 0.3) is 0 Å². The second kappa shape index (κ2) is 9.70. The van der Waals surface area contributed by atoms with Crippen LogP contribution in [0, 0.1) is 5.92 Å². The van der Waals surface area contributed by atoms with Crippen LogP contribution in [0.4, 0.5) is 4.79 Å². The molecule has 0 aliphatic heterocycles. The third-order valence-electron chi connectivity index (χ3n) is 3.25. The lowest BCUT2D eigenvalue weighted by Gasteiger charge is -2.24. The van der Waals surface area contributed by atoms with Gasteiger partial charge < -0.3 is 15.4 Å². The molecule has 0 saturated heterocycles. The van der Waals surface area contributed by atoms with Gasteiger partial charge in [-0.25, -0.2) is 4.79 Å². The highest BCUT2D eigenvalue weighted by Gasteiger charge is 2.20. The summed E-state index contributed by atoms with van der Waals surface area (Å²) < 4.78 is 5.44. The molecule has 0 heterocycles. The molecule has 0 saturated carbocycles. The maximum absolute atomic E-state index is 12.0. The third kappa shape index (κ3) is 6.67. The summed E-state index contributed by atoms with van der Waals surface area (Å²) in [6, 6.07) is 7.32. The van der Waals surface area contributed by atoms with E-state index in [4.69, 9.17) is 16.3 Å². The predicted octanol–water partition coefficient (Wildman–Crippen LogP) is 4.15. The standard InChI is InChI=1S/C17H27ClN2O2/c1-12(2)16(14-8-5-6-9-15(14)18)20-17(21)19-10-7-11-22-13(3)4/h5-6,8-9,12-13,16H,7,10-11H2,1-4H3,(H2,19,20,21). The smallest absolute Gasteiger partial charge is 0.315 e. The van der Waals surface area contributed by atoms with E-state index in [1.165, 1.54) is 0 Å². The topological polar surface area (TPSA) is 50.4 Å². The maximum atomic E-state index is 12.0. The number of carbonyl (C=O) groups is 1. The average molecular weight is 327 g/mol. The summed E-state index contributed by atoms with van der Waals surface area (Å²) >= 11 is 6.23. The van der Waals surface area contributed by atoms with Gasteiger partial charge in [-0.2, -0.15) is 0 Å². The summed E-state index contributed by atoms with van der Waals surface area (Å²) in [4.78, 5) is 12.0. The number of hydrogen-bond donors (Lipinski definition) is 2. The van der Waals surface area contributed by atoms with Crippen molar-refractivity contribution in [1.82, 2.24) is 10.6 Å². The van der Waals surface area contributed by atoms with Crippen molar-refractivity contribution in [2.45, 2.75) is 46.3 Å². The van der Waals surface area contributed by atoms with Crippen LogP contribution in [0.15, 0.2) is 24.3 Å². The van der Waals surface area contributed by atoms with E-state index < -0.39 is 0 Å². The minimum Gasteiger partial charge on any atom is -0.379 e. The molecule has 2 amide bonds. The minimum absolute atomic E-state index is 0.111. The van der Waals surface area contributed by atoms with Crippen LogP contribution >= 0.6 is 11.6 Å². The first-order chi connectivity index (χ1) is 10.4. The van der Waals surface area contributed by atoms with Crippen molar-refractivity contribution in [1.29, 1.82) is 0 Å². The highest BCUT2D eigenvalue weighted by Crippen LogP contribution is 2.27. The van der Waals surface area contributed by atoms with E-state index in [0.29, 0.717) is 18.2 Å². The van der Waals surface area contributed by atoms with E-state index in [9.17, 15) is 4.79 Å². The van der Waals surface area contributed by atoms with E-state index in [2.05, 4.69) is 24.5 Å². The van der Waals surface area contributed by atoms with Crippen molar-refractivity contribution in [2.75, 3.05) is 13.2 Å². The van der Waals surface area contributed by atoms with E-state index in [0.717, 1.165) is 12.0 Å². The Labute approximate surface area is 138 Å². The summed E-state index contributed by atoms with van der Waals surface area (Å²) in [5, 5.41) is 6.53. The van der Waals surface area contributed by atoms with Gasteiger partial charge >= 0.3 is 6.03 Å². The normalized spacial score (nSPS) is 12.5. The van der Waals surface area contributed by atoms with Crippen LogP contribution in [-0.2, 0) is 4.74 Å². The lowest BCUT2D eigenvalue weighted by atomic mass is 9.96. The Balaban J connectivity index is 2.47. The van der Waals surface area contributed by atoms with Gasteiger partial charge in [0.15, 0.2) is 0 Å². The van der Waals surface area contributed by atoms with Gasteiger partial charge in [0, 0.05) is 18.2 Å². The fraction of sp³-hybridized carbons (Fsp3) is 0.588. The van der Waals surface area contributed by atoms with Crippen LogP contribution in [0.2, 0.25) is 5.02 Å². The Morgan fingerprint density at radius 2 is 1.91 bits per heavy atom. The van der Waals surface area contributed by atoms with Crippen molar-refractivity contribution in [2.24, 2.45) is 5.92 Å². The molecule has 0 aromatic heterocycles. The SMILES string of the molecule is CC(C)OCCCNC(=O)NC(c1ccccc1Cl)C(C)C. The van der Waals surface area contributed by atoms with Crippen molar-refractivity contribution in [3.8, 4) is 0 Å². The number of hydrogen-bond acceptors (Lipinski definition) is 2. The zero-order valence-corrected chi connectivity index (χ0v) is 14.6. The zero-order chi connectivity index (χ0) is 16.5. The summed E-state index contributed by atoms with van der Waals surface area (Å²) in [7, 11) is 0. The second-order valence-corrected chi connectivity index (χ2v) is 6.32. The van der Waals surface area contributed by atoms with Crippen LogP contribution in [0.25, 0.3) is 0 Å². The number of nitrogens with one attached hydrogen (secondary N) is 2. The number of ether oxygens (including phenoxy) is 1. The molecule has 1 rings (SSSR count). The predicted molar refractivity (Wildman–Crippen MR) is 91.3 cm³/mol. The van der Waals surface area contributed by atoms with Crippen LogP contribution in [0.5, 0.6) is 0 Å². The fourth-order valence-corrected chi connectivity index (χ4v) is 2.37. The molecule has 1 aromatic rings. The van der Waals surface area contributed by atoms with Gasteiger partial charge in [-0.1, -0.05) is 43.6 Å². The van der Waals surface area contributed by atoms with E-state index in [1.54, 1.807) is 0 Å². The van der Waals surface area contributed by atoms with Crippen LogP contribution in [-0.4, -0.2) is 25.3 Å². The van der Waals surface area contributed by atoms with Crippen molar-refractivity contribution < 1.29 is 9.53 Å². The van der Waals surface area contributed by atoms with Crippen LogP contribution < -0.4 is 10.6 Å². The van der Waals surface area contributed by atoms with Crippen molar-refractivity contribution in [3.05, 3.63) is 34.9 Å². The number of amides is 2. The molecule has 4 nitrogen and oxygen atoms in total. The molecule has 0 aliphatic carbocycles. The molecule has 22 heavy (non-hydrogen) atoms. The molecule has 0 radical (unpaired) electrons. The van der Waals surface area contributed by atoms with Crippen molar-refractivity contribution >= 4 is 17.6 Å². The summed E-state index contributed by atoms with van der Waals surface area (Å²) in [5.41, 5.74) is 0.942. The number of carbonyl (C=O) groups excluding carboxylic acids is 1. The minimum atomic E-state index is -0.178. The van der Waals surface area contributed by atoms with Gasteiger partial charge in [0.2, 0.25) is 0 Å². The summed E-state index contributed by atoms with van der Waals surface area (Å²) in [6.45, 7) is 9.35. The second-order valence-electron chi connectivity index (χ2n) is 5.92. The first kappa shape index (κ1) is 18.8. The number of benzene rings is 1. The Morgan fingerprint density at radius 1 is 1.23 bits per heavy atom. The molecule has 0 aliphatic rings. The molecular weight excluding hydrogens is 300 g/mol. The monoisotopic (exact) mass is 326 g/mol. The molecule has 0 fully saturated rings. The molecule has 1 unspecified atom stereocenters. The van der Waals surface area contributed by atoms with Crippen LogP contribution in [0.1, 0.15) is 45.7 Å². The number of halogens is 1. The number of rotatable bonds is 8. The molecule has 1 atom stereocenters. The number of urea groups is 1. The fourth-order valence-electron chi connectivity index (χ4n) is 2.12. The average Bonchev–Trinajstić information content (AvgIpc) is 2.44. The van der Waals surface area contributed by atoms with E-state index >= 15 is 0 Å². The summed E-state index contributed by atoms with van der Waals surface area (Å²) in [6.07, 6.45) is 1.02. The third-order valence-corrected chi connectivity index (χ3v) is 3.60. The van der Waals surface area contributed by atoms with E-state index in [-0.39, 0.29) is 24.1 Å².